The third-order valence-electron chi connectivity index (χ3n) is 2.69. The van der Waals surface area contributed by atoms with Gasteiger partial charge in [-0.25, -0.2) is 4.79 Å². The summed E-state index contributed by atoms with van der Waals surface area (Å²) in [5, 5.41) is 23.9. The Morgan fingerprint density at radius 1 is 1.52 bits per heavy atom. The Labute approximate surface area is 119 Å². The highest BCUT2D eigenvalue weighted by atomic mass is 16.6. The second-order valence-corrected chi connectivity index (χ2v) is 4.29. The molecule has 2 aromatic rings. The van der Waals surface area contributed by atoms with Crippen LogP contribution in [0.3, 0.4) is 0 Å². The average Bonchev–Trinajstić information content (AvgIpc) is 2.86. The zero-order valence-corrected chi connectivity index (χ0v) is 11.2. The van der Waals surface area contributed by atoms with Gasteiger partial charge in [-0.15, -0.1) is 0 Å². The molecule has 21 heavy (non-hydrogen) atoms. The zero-order chi connectivity index (χ0) is 15.4. The van der Waals surface area contributed by atoms with Crippen LogP contribution >= 0.6 is 0 Å². The number of rotatable bonds is 6. The van der Waals surface area contributed by atoms with E-state index in [2.05, 4.69) is 5.10 Å². The highest BCUT2D eigenvalue weighted by Crippen LogP contribution is 2.32. The van der Waals surface area contributed by atoms with Gasteiger partial charge in [0.1, 0.15) is 0 Å². The molecular formula is C13H13N3O5. The molecule has 1 aromatic carbocycles. The van der Waals surface area contributed by atoms with Gasteiger partial charge in [0.15, 0.2) is 5.75 Å². The standard InChI is InChI=1S/C13H13N3O5/c1-2-5-15-8-10(7-14-15)21-12-6-9(13(17)18)3-4-11(12)16(19)20/h3-4,6-8H,2,5H2,1H3,(H,17,18). The predicted molar refractivity (Wildman–Crippen MR) is 72.6 cm³/mol. The molecule has 0 fully saturated rings. The number of hydrogen-bond acceptors (Lipinski definition) is 5. The smallest absolute Gasteiger partial charge is 0.335 e. The van der Waals surface area contributed by atoms with Gasteiger partial charge < -0.3 is 9.84 Å². The number of aryl methyl sites for hydroxylation is 1. The van der Waals surface area contributed by atoms with Gasteiger partial charge in [0.25, 0.3) is 0 Å². The summed E-state index contributed by atoms with van der Waals surface area (Å²) < 4.78 is 7.04. The van der Waals surface area contributed by atoms with E-state index in [1.54, 1.807) is 10.9 Å². The summed E-state index contributed by atoms with van der Waals surface area (Å²) in [5.41, 5.74) is -0.389. The van der Waals surface area contributed by atoms with Crippen LogP contribution in [0.25, 0.3) is 0 Å². The van der Waals surface area contributed by atoms with Crippen molar-refractivity contribution in [3.63, 3.8) is 0 Å². The van der Waals surface area contributed by atoms with Crippen LogP contribution < -0.4 is 4.74 Å². The first-order valence-electron chi connectivity index (χ1n) is 6.23. The molecule has 0 saturated carbocycles. The molecule has 0 amide bonds. The van der Waals surface area contributed by atoms with Gasteiger partial charge in [-0.3, -0.25) is 14.8 Å². The van der Waals surface area contributed by atoms with Crippen molar-refractivity contribution in [1.82, 2.24) is 9.78 Å². The minimum atomic E-state index is -1.18. The summed E-state index contributed by atoms with van der Waals surface area (Å²) >= 11 is 0. The topological polar surface area (TPSA) is 107 Å². The molecular weight excluding hydrogens is 278 g/mol. The molecule has 2 rings (SSSR count). The van der Waals surface area contributed by atoms with Crippen molar-refractivity contribution in [1.29, 1.82) is 0 Å². The number of carboxylic acid groups (broad SMARTS) is 1. The van der Waals surface area contributed by atoms with Gasteiger partial charge in [-0.05, 0) is 12.5 Å². The van der Waals surface area contributed by atoms with Crippen LogP contribution in [0.15, 0.2) is 30.6 Å². The van der Waals surface area contributed by atoms with E-state index < -0.39 is 10.9 Å². The number of nitro groups is 1. The Bertz CT molecular complexity index is 680. The number of nitro benzene ring substituents is 1. The molecule has 1 heterocycles. The zero-order valence-electron chi connectivity index (χ0n) is 11.2. The Morgan fingerprint density at radius 3 is 2.90 bits per heavy atom. The van der Waals surface area contributed by atoms with Crippen LogP contribution in [0.4, 0.5) is 5.69 Å². The van der Waals surface area contributed by atoms with E-state index in [0.29, 0.717) is 12.3 Å². The molecule has 0 aliphatic carbocycles. The number of carboxylic acids is 1. The first-order chi connectivity index (χ1) is 10.0. The van der Waals surface area contributed by atoms with Crippen molar-refractivity contribution in [2.24, 2.45) is 0 Å². The van der Waals surface area contributed by atoms with Crippen molar-refractivity contribution in [2.45, 2.75) is 19.9 Å². The van der Waals surface area contributed by atoms with E-state index in [-0.39, 0.29) is 17.0 Å². The van der Waals surface area contributed by atoms with Crippen LogP contribution in [0.5, 0.6) is 11.5 Å². The maximum Gasteiger partial charge on any atom is 0.335 e. The third kappa shape index (κ3) is 3.35. The maximum absolute atomic E-state index is 11.0. The average molecular weight is 291 g/mol. The molecule has 0 bridgehead atoms. The molecule has 8 heteroatoms. The van der Waals surface area contributed by atoms with Gasteiger partial charge in [-0.1, -0.05) is 6.92 Å². The number of carbonyl (C=O) groups is 1. The van der Waals surface area contributed by atoms with Crippen molar-refractivity contribution >= 4 is 11.7 Å². The first-order valence-corrected chi connectivity index (χ1v) is 6.23. The molecule has 0 spiro atoms. The number of aromatic nitrogens is 2. The molecule has 0 radical (unpaired) electrons. The fraction of sp³-hybridized carbons (Fsp3) is 0.231. The minimum Gasteiger partial charge on any atom is -0.478 e. The normalized spacial score (nSPS) is 10.3. The summed E-state index contributed by atoms with van der Waals surface area (Å²) in [6.07, 6.45) is 3.91. The van der Waals surface area contributed by atoms with Crippen LogP contribution in [-0.4, -0.2) is 25.8 Å². The summed E-state index contributed by atoms with van der Waals surface area (Å²) in [5.74, 6) is -0.999. The molecule has 0 aliphatic rings. The number of benzene rings is 1. The monoisotopic (exact) mass is 291 g/mol. The van der Waals surface area contributed by atoms with Crippen LogP contribution in [0, 0.1) is 10.1 Å². The van der Waals surface area contributed by atoms with Crippen molar-refractivity contribution in [2.75, 3.05) is 0 Å². The number of ether oxygens (including phenoxy) is 1. The molecule has 0 unspecified atom stereocenters. The SMILES string of the molecule is CCCn1cc(Oc2cc(C(=O)O)ccc2[N+](=O)[O-])cn1. The minimum absolute atomic E-state index is 0.0865. The quantitative estimate of drug-likeness (QED) is 0.647. The lowest BCUT2D eigenvalue weighted by molar-refractivity contribution is -0.385. The summed E-state index contributed by atoms with van der Waals surface area (Å²) in [6.45, 7) is 2.68. The molecule has 0 saturated heterocycles. The van der Waals surface area contributed by atoms with Crippen LogP contribution in [0.2, 0.25) is 0 Å². The third-order valence-corrected chi connectivity index (χ3v) is 2.69. The Kier molecular flexibility index (Phi) is 4.17. The van der Waals surface area contributed by atoms with E-state index in [4.69, 9.17) is 9.84 Å². The van der Waals surface area contributed by atoms with E-state index in [9.17, 15) is 14.9 Å². The summed E-state index contributed by atoms with van der Waals surface area (Å²) in [4.78, 5) is 21.3. The van der Waals surface area contributed by atoms with Gasteiger partial charge in [0, 0.05) is 18.7 Å². The van der Waals surface area contributed by atoms with Gasteiger partial charge in [0.2, 0.25) is 5.75 Å². The first kappa shape index (κ1) is 14.5. The van der Waals surface area contributed by atoms with Crippen LogP contribution in [-0.2, 0) is 6.54 Å². The van der Waals surface area contributed by atoms with Crippen LogP contribution in [0.1, 0.15) is 23.7 Å². The van der Waals surface area contributed by atoms with E-state index in [1.807, 2.05) is 6.92 Å². The van der Waals surface area contributed by atoms with Gasteiger partial charge in [-0.2, -0.15) is 5.10 Å². The molecule has 8 nitrogen and oxygen atoms in total. The lowest BCUT2D eigenvalue weighted by atomic mass is 10.2. The highest BCUT2D eigenvalue weighted by molar-refractivity contribution is 5.88. The molecule has 0 aliphatic heterocycles. The van der Waals surface area contributed by atoms with Crippen molar-refractivity contribution in [3.05, 3.63) is 46.3 Å². The summed E-state index contributed by atoms with van der Waals surface area (Å²) in [6, 6.07) is 3.39. The Morgan fingerprint density at radius 2 is 2.29 bits per heavy atom. The summed E-state index contributed by atoms with van der Waals surface area (Å²) in [7, 11) is 0. The number of aromatic carboxylic acids is 1. The van der Waals surface area contributed by atoms with Gasteiger partial charge in [0.05, 0.1) is 22.9 Å². The molecule has 0 atom stereocenters. The van der Waals surface area contributed by atoms with Crippen molar-refractivity contribution < 1.29 is 19.6 Å². The lowest BCUT2D eigenvalue weighted by Gasteiger charge is -2.05. The fourth-order valence-electron chi connectivity index (χ4n) is 1.76. The Balaban J connectivity index is 2.33. The second-order valence-electron chi connectivity index (χ2n) is 4.29. The highest BCUT2D eigenvalue weighted by Gasteiger charge is 2.19. The van der Waals surface area contributed by atoms with E-state index in [1.165, 1.54) is 6.20 Å². The lowest BCUT2D eigenvalue weighted by Crippen LogP contribution is -1.99. The molecule has 1 N–H and O–H groups in total. The Hall–Kier alpha value is -2.90. The number of hydrogen-bond donors (Lipinski definition) is 1. The van der Waals surface area contributed by atoms with E-state index >= 15 is 0 Å². The van der Waals surface area contributed by atoms with Gasteiger partial charge >= 0.3 is 11.7 Å². The molecule has 1 aromatic heterocycles. The van der Waals surface area contributed by atoms with E-state index in [0.717, 1.165) is 24.6 Å². The molecule has 110 valence electrons. The fourth-order valence-corrected chi connectivity index (χ4v) is 1.76. The van der Waals surface area contributed by atoms with Crippen molar-refractivity contribution in [3.8, 4) is 11.5 Å². The second kappa shape index (κ2) is 6.04. The predicted octanol–water partition coefficient (Wildman–Crippen LogP) is 2.69. The maximum atomic E-state index is 11.0. The largest absolute Gasteiger partial charge is 0.478 e. The number of nitrogens with zero attached hydrogens (tertiary/aromatic N) is 3.